The molecular formula is C13H22N4. The summed E-state index contributed by atoms with van der Waals surface area (Å²) < 4.78 is 0. The van der Waals surface area contributed by atoms with Gasteiger partial charge in [-0.15, -0.1) is 0 Å². The van der Waals surface area contributed by atoms with Crippen molar-refractivity contribution >= 4 is 11.6 Å². The summed E-state index contributed by atoms with van der Waals surface area (Å²) in [5, 5.41) is 6.74. The van der Waals surface area contributed by atoms with Crippen LogP contribution < -0.4 is 10.6 Å². The molecule has 0 spiro atoms. The lowest BCUT2D eigenvalue weighted by molar-refractivity contribution is 0.689. The number of hydrogen-bond acceptors (Lipinski definition) is 4. The fraction of sp³-hybridized carbons (Fsp3) is 0.692. The van der Waals surface area contributed by atoms with Gasteiger partial charge in [-0.05, 0) is 32.6 Å². The van der Waals surface area contributed by atoms with Gasteiger partial charge in [-0.1, -0.05) is 6.92 Å². The van der Waals surface area contributed by atoms with Crippen molar-refractivity contribution in [2.75, 3.05) is 17.2 Å². The molecule has 0 radical (unpaired) electrons. The molecule has 0 aromatic carbocycles. The molecule has 1 aromatic heterocycles. The molecule has 4 heteroatoms. The van der Waals surface area contributed by atoms with E-state index in [1.807, 2.05) is 6.07 Å². The average Bonchev–Trinajstić information content (AvgIpc) is 3.12. The van der Waals surface area contributed by atoms with E-state index in [9.17, 15) is 0 Å². The van der Waals surface area contributed by atoms with Crippen molar-refractivity contribution in [2.24, 2.45) is 5.92 Å². The van der Waals surface area contributed by atoms with Gasteiger partial charge in [-0.2, -0.15) is 0 Å². The Morgan fingerprint density at radius 2 is 2.00 bits per heavy atom. The summed E-state index contributed by atoms with van der Waals surface area (Å²) in [6, 6.07) is 2.52. The predicted octanol–water partition coefficient (Wildman–Crippen LogP) is 2.68. The molecule has 0 bridgehead atoms. The van der Waals surface area contributed by atoms with E-state index < -0.39 is 0 Å². The van der Waals surface area contributed by atoms with E-state index in [2.05, 4.69) is 41.4 Å². The highest BCUT2D eigenvalue weighted by Crippen LogP contribution is 2.33. The van der Waals surface area contributed by atoms with Crippen molar-refractivity contribution in [3.05, 3.63) is 11.9 Å². The van der Waals surface area contributed by atoms with Crippen LogP contribution in [0.3, 0.4) is 0 Å². The van der Waals surface area contributed by atoms with Crippen LogP contribution in [0.2, 0.25) is 0 Å². The Kier molecular flexibility index (Phi) is 3.82. The molecule has 1 aliphatic carbocycles. The Morgan fingerprint density at radius 3 is 2.59 bits per heavy atom. The maximum atomic E-state index is 4.52. The highest BCUT2D eigenvalue weighted by Gasteiger charge is 2.28. The Morgan fingerprint density at radius 1 is 1.29 bits per heavy atom. The van der Waals surface area contributed by atoms with Crippen LogP contribution in [0.25, 0.3) is 0 Å². The van der Waals surface area contributed by atoms with Crippen LogP contribution in [0.15, 0.2) is 6.07 Å². The van der Waals surface area contributed by atoms with Crippen LogP contribution in [0, 0.1) is 5.92 Å². The van der Waals surface area contributed by atoms with Gasteiger partial charge in [0.15, 0.2) is 0 Å². The first kappa shape index (κ1) is 12.1. The molecule has 1 aliphatic rings. The molecule has 1 unspecified atom stereocenters. The van der Waals surface area contributed by atoms with Crippen LogP contribution in [0.4, 0.5) is 11.6 Å². The van der Waals surface area contributed by atoms with Gasteiger partial charge in [0, 0.05) is 25.1 Å². The first-order valence-electron chi connectivity index (χ1n) is 6.61. The molecule has 1 atom stereocenters. The number of aryl methyl sites for hydroxylation is 1. The second kappa shape index (κ2) is 5.34. The van der Waals surface area contributed by atoms with Crippen LogP contribution in [-0.4, -0.2) is 22.6 Å². The number of aromatic nitrogens is 2. The lowest BCUT2D eigenvalue weighted by atomic mass is 10.2. The van der Waals surface area contributed by atoms with Crippen LogP contribution >= 0.6 is 0 Å². The molecule has 0 amide bonds. The summed E-state index contributed by atoms with van der Waals surface area (Å²) in [6.45, 7) is 7.28. The van der Waals surface area contributed by atoms with E-state index in [1.165, 1.54) is 12.8 Å². The Balaban J connectivity index is 2.10. The minimum Gasteiger partial charge on any atom is -0.370 e. The summed E-state index contributed by atoms with van der Waals surface area (Å²) in [5.41, 5.74) is 0. The maximum Gasteiger partial charge on any atom is 0.132 e. The summed E-state index contributed by atoms with van der Waals surface area (Å²) >= 11 is 0. The minimum absolute atomic E-state index is 0.518. The van der Waals surface area contributed by atoms with Crippen molar-refractivity contribution < 1.29 is 0 Å². The average molecular weight is 234 g/mol. The van der Waals surface area contributed by atoms with Crippen molar-refractivity contribution in [3.8, 4) is 0 Å². The highest BCUT2D eigenvalue weighted by atomic mass is 15.1. The molecule has 1 fully saturated rings. The fourth-order valence-corrected chi connectivity index (χ4v) is 1.95. The van der Waals surface area contributed by atoms with Gasteiger partial charge in [0.1, 0.15) is 17.5 Å². The van der Waals surface area contributed by atoms with Gasteiger partial charge in [0.25, 0.3) is 0 Å². The van der Waals surface area contributed by atoms with E-state index in [0.29, 0.717) is 6.04 Å². The molecule has 94 valence electrons. The third-order valence-electron chi connectivity index (χ3n) is 3.15. The number of nitrogens with one attached hydrogen (secondary N) is 2. The molecule has 2 N–H and O–H groups in total. The number of anilines is 2. The molecule has 0 saturated heterocycles. The van der Waals surface area contributed by atoms with Crippen molar-refractivity contribution in [1.82, 2.24) is 9.97 Å². The largest absolute Gasteiger partial charge is 0.370 e. The van der Waals surface area contributed by atoms with Crippen LogP contribution in [0.5, 0.6) is 0 Å². The van der Waals surface area contributed by atoms with Crippen molar-refractivity contribution in [2.45, 2.75) is 46.1 Å². The van der Waals surface area contributed by atoms with Gasteiger partial charge in [-0.3, -0.25) is 0 Å². The SMILES string of the molecule is CCNc1cc(NC(C)C2CC2)nc(CC)n1. The Bertz CT molecular complexity index is 374. The molecule has 1 aromatic rings. The molecule has 1 saturated carbocycles. The van der Waals surface area contributed by atoms with Gasteiger partial charge in [-0.25, -0.2) is 9.97 Å². The quantitative estimate of drug-likeness (QED) is 0.794. The fourth-order valence-electron chi connectivity index (χ4n) is 1.95. The van der Waals surface area contributed by atoms with E-state index in [1.54, 1.807) is 0 Å². The predicted molar refractivity (Wildman–Crippen MR) is 71.4 cm³/mol. The molecule has 0 aliphatic heterocycles. The number of nitrogens with zero attached hydrogens (tertiary/aromatic N) is 2. The van der Waals surface area contributed by atoms with Gasteiger partial charge in [0.2, 0.25) is 0 Å². The standard InChI is InChI=1S/C13H22N4/c1-4-11-16-12(14-5-2)8-13(17-11)15-9(3)10-6-7-10/h8-10H,4-7H2,1-3H3,(H2,14,15,16,17). The van der Waals surface area contributed by atoms with Gasteiger partial charge >= 0.3 is 0 Å². The zero-order chi connectivity index (χ0) is 12.3. The number of rotatable bonds is 6. The second-order valence-corrected chi connectivity index (χ2v) is 4.71. The lowest BCUT2D eigenvalue weighted by Gasteiger charge is -2.15. The van der Waals surface area contributed by atoms with E-state index in [4.69, 9.17) is 0 Å². The zero-order valence-corrected chi connectivity index (χ0v) is 11.0. The molecular weight excluding hydrogens is 212 g/mol. The summed E-state index contributed by atoms with van der Waals surface area (Å²) in [5.74, 6) is 3.60. The zero-order valence-electron chi connectivity index (χ0n) is 11.0. The Hall–Kier alpha value is -1.32. The lowest BCUT2D eigenvalue weighted by Crippen LogP contribution is -2.19. The normalized spacial score (nSPS) is 16.6. The third-order valence-corrected chi connectivity index (χ3v) is 3.15. The molecule has 1 heterocycles. The van der Waals surface area contributed by atoms with Gasteiger partial charge in [0.05, 0.1) is 0 Å². The maximum absolute atomic E-state index is 4.52. The first-order valence-corrected chi connectivity index (χ1v) is 6.61. The first-order chi connectivity index (χ1) is 8.22. The summed E-state index contributed by atoms with van der Waals surface area (Å²) in [6.07, 6.45) is 3.56. The Labute approximate surface area is 103 Å². The molecule has 4 nitrogen and oxygen atoms in total. The topological polar surface area (TPSA) is 49.8 Å². The van der Waals surface area contributed by atoms with Crippen molar-refractivity contribution in [3.63, 3.8) is 0 Å². The van der Waals surface area contributed by atoms with Crippen LogP contribution in [0.1, 0.15) is 39.4 Å². The highest BCUT2D eigenvalue weighted by molar-refractivity contribution is 5.48. The monoisotopic (exact) mass is 234 g/mol. The second-order valence-electron chi connectivity index (χ2n) is 4.71. The van der Waals surface area contributed by atoms with Crippen LogP contribution in [-0.2, 0) is 6.42 Å². The summed E-state index contributed by atoms with van der Waals surface area (Å²) in [7, 11) is 0. The van der Waals surface area contributed by atoms with E-state index >= 15 is 0 Å². The van der Waals surface area contributed by atoms with Gasteiger partial charge < -0.3 is 10.6 Å². The van der Waals surface area contributed by atoms with E-state index in [0.717, 1.165) is 36.3 Å². The molecule has 2 rings (SSSR count). The smallest absolute Gasteiger partial charge is 0.132 e. The summed E-state index contributed by atoms with van der Waals surface area (Å²) in [4.78, 5) is 8.97. The van der Waals surface area contributed by atoms with Crippen molar-refractivity contribution in [1.29, 1.82) is 0 Å². The minimum atomic E-state index is 0.518. The number of hydrogen-bond donors (Lipinski definition) is 2. The van der Waals surface area contributed by atoms with E-state index in [-0.39, 0.29) is 0 Å². The third kappa shape index (κ3) is 3.32. The molecule has 17 heavy (non-hydrogen) atoms.